The van der Waals surface area contributed by atoms with Crippen LogP contribution >= 0.6 is 0 Å². The molecule has 1 aliphatic carbocycles. The van der Waals surface area contributed by atoms with Crippen molar-refractivity contribution in [3.8, 4) is 11.1 Å². The molecule has 4 aromatic carbocycles. The number of hydrogen-bond acceptors (Lipinski definition) is 0. The van der Waals surface area contributed by atoms with E-state index in [9.17, 15) is 0 Å². The first-order valence-corrected chi connectivity index (χ1v) is 8.93. The van der Waals surface area contributed by atoms with E-state index in [2.05, 4.69) is 72.8 Å². The van der Waals surface area contributed by atoms with Gasteiger partial charge < -0.3 is 0 Å². The summed E-state index contributed by atoms with van der Waals surface area (Å²) in [6, 6.07) is 26.8. The van der Waals surface area contributed by atoms with Crippen LogP contribution in [-0.4, -0.2) is 0 Å². The molecule has 0 N–H and O–H groups in total. The molecule has 4 aromatic rings. The third kappa shape index (κ3) is 2.06. The van der Waals surface area contributed by atoms with Crippen LogP contribution in [0, 0.1) is 0 Å². The normalized spacial score (nSPS) is 14.0. The predicted octanol–water partition coefficient (Wildman–Crippen LogP) is 6.54. The Hall–Kier alpha value is -2.60. The first-order valence-electron chi connectivity index (χ1n) is 8.93. The van der Waals surface area contributed by atoms with Gasteiger partial charge in [0.25, 0.3) is 0 Å². The standard InChI is InChI=1S/C24H20/c1-2-8-17(9-3-1)23-16-24-19-11-5-4-10-18(19)14-15-22(24)20-12-6-7-13-21(20)23/h1-3,6-9,12-16H,4-5,10-11H2. The Morgan fingerprint density at radius 1 is 0.542 bits per heavy atom. The average molecular weight is 308 g/mol. The van der Waals surface area contributed by atoms with E-state index in [0.29, 0.717) is 0 Å². The summed E-state index contributed by atoms with van der Waals surface area (Å²) in [6.45, 7) is 0. The van der Waals surface area contributed by atoms with Gasteiger partial charge in [0.2, 0.25) is 0 Å². The number of fused-ring (bicyclic) bond motifs is 5. The summed E-state index contributed by atoms with van der Waals surface area (Å²) in [5.74, 6) is 0. The summed E-state index contributed by atoms with van der Waals surface area (Å²) >= 11 is 0. The second kappa shape index (κ2) is 5.49. The molecule has 24 heavy (non-hydrogen) atoms. The summed E-state index contributed by atoms with van der Waals surface area (Å²) in [5, 5.41) is 5.60. The van der Waals surface area contributed by atoms with Gasteiger partial charge in [-0.2, -0.15) is 0 Å². The summed E-state index contributed by atoms with van der Waals surface area (Å²) in [6.07, 6.45) is 5.11. The minimum atomic E-state index is 1.22. The van der Waals surface area contributed by atoms with E-state index in [1.165, 1.54) is 58.4 Å². The minimum absolute atomic E-state index is 1.22. The quantitative estimate of drug-likeness (QED) is 0.350. The van der Waals surface area contributed by atoms with Crippen molar-refractivity contribution in [1.82, 2.24) is 0 Å². The zero-order valence-electron chi connectivity index (χ0n) is 13.8. The highest BCUT2D eigenvalue weighted by Gasteiger charge is 2.15. The van der Waals surface area contributed by atoms with E-state index < -0.39 is 0 Å². The van der Waals surface area contributed by atoms with Crippen LogP contribution in [0.4, 0.5) is 0 Å². The lowest BCUT2D eigenvalue weighted by Gasteiger charge is -2.20. The van der Waals surface area contributed by atoms with Crippen molar-refractivity contribution < 1.29 is 0 Å². The molecule has 0 nitrogen and oxygen atoms in total. The Morgan fingerprint density at radius 2 is 1.25 bits per heavy atom. The topological polar surface area (TPSA) is 0 Å². The molecule has 0 atom stereocenters. The van der Waals surface area contributed by atoms with Crippen molar-refractivity contribution in [3.05, 3.63) is 83.9 Å². The number of aryl methyl sites for hydroxylation is 2. The predicted molar refractivity (Wildman–Crippen MR) is 104 cm³/mol. The van der Waals surface area contributed by atoms with Crippen LogP contribution in [0.15, 0.2) is 72.8 Å². The molecule has 0 fully saturated rings. The maximum Gasteiger partial charge on any atom is -0.00989 e. The van der Waals surface area contributed by atoms with Crippen molar-refractivity contribution in [2.24, 2.45) is 0 Å². The van der Waals surface area contributed by atoms with Crippen molar-refractivity contribution >= 4 is 21.5 Å². The lowest BCUT2D eigenvalue weighted by atomic mass is 9.84. The van der Waals surface area contributed by atoms with Crippen molar-refractivity contribution in [2.75, 3.05) is 0 Å². The maximum atomic E-state index is 2.44. The Morgan fingerprint density at radius 3 is 2.12 bits per heavy atom. The molecule has 5 rings (SSSR count). The van der Waals surface area contributed by atoms with E-state index in [1.807, 2.05) is 0 Å². The average Bonchev–Trinajstić information content (AvgIpc) is 2.67. The minimum Gasteiger partial charge on any atom is -0.0622 e. The zero-order chi connectivity index (χ0) is 15.9. The lowest BCUT2D eigenvalue weighted by molar-refractivity contribution is 0.690. The van der Waals surface area contributed by atoms with Crippen LogP contribution in [0.25, 0.3) is 32.7 Å². The Balaban J connectivity index is 1.94. The smallest absolute Gasteiger partial charge is 0.00989 e. The van der Waals surface area contributed by atoms with Crippen molar-refractivity contribution in [1.29, 1.82) is 0 Å². The van der Waals surface area contributed by atoms with Gasteiger partial charge in [-0.3, -0.25) is 0 Å². The van der Waals surface area contributed by atoms with Crippen molar-refractivity contribution in [2.45, 2.75) is 25.7 Å². The van der Waals surface area contributed by atoms with Crippen LogP contribution < -0.4 is 0 Å². The van der Waals surface area contributed by atoms with Crippen LogP contribution in [0.1, 0.15) is 24.0 Å². The SMILES string of the molecule is c1ccc(-c2cc3c4c(ccc3c3ccccc23)CCCC4)cc1. The molecule has 0 spiro atoms. The number of benzene rings is 4. The summed E-state index contributed by atoms with van der Waals surface area (Å²) in [4.78, 5) is 0. The Kier molecular flexibility index (Phi) is 3.16. The molecule has 0 aromatic heterocycles. The fourth-order valence-electron chi connectivity index (χ4n) is 4.29. The van der Waals surface area contributed by atoms with E-state index in [1.54, 1.807) is 11.1 Å². The summed E-state index contributed by atoms with van der Waals surface area (Å²) in [7, 11) is 0. The van der Waals surface area contributed by atoms with Gasteiger partial charge in [-0.25, -0.2) is 0 Å². The molecule has 0 heteroatoms. The molecule has 0 heterocycles. The number of hydrogen-bond donors (Lipinski definition) is 0. The van der Waals surface area contributed by atoms with Gasteiger partial charge >= 0.3 is 0 Å². The molecule has 0 saturated heterocycles. The molecule has 0 bridgehead atoms. The molecule has 0 amide bonds. The summed E-state index contributed by atoms with van der Waals surface area (Å²) < 4.78 is 0. The molecule has 0 radical (unpaired) electrons. The molecule has 0 saturated carbocycles. The fraction of sp³-hybridized carbons (Fsp3) is 0.167. The Bertz CT molecular complexity index is 1040. The molecule has 0 unspecified atom stereocenters. The van der Waals surface area contributed by atoms with E-state index in [4.69, 9.17) is 0 Å². The van der Waals surface area contributed by atoms with E-state index in [0.717, 1.165) is 0 Å². The van der Waals surface area contributed by atoms with E-state index >= 15 is 0 Å². The largest absolute Gasteiger partial charge is 0.0622 e. The monoisotopic (exact) mass is 308 g/mol. The van der Waals surface area contributed by atoms with Crippen LogP contribution in [0.3, 0.4) is 0 Å². The van der Waals surface area contributed by atoms with Crippen LogP contribution in [-0.2, 0) is 12.8 Å². The molecule has 1 aliphatic rings. The van der Waals surface area contributed by atoms with Gasteiger partial charge in [0.05, 0.1) is 0 Å². The highest BCUT2D eigenvalue weighted by atomic mass is 14.2. The van der Waals surface area contributed by atoms with Gasteiger partial charge in [0, 0.05) is 0 Å². The van der Waals surface area contributed by atoms with Crippen molar-refractivity contribution in [3.63, 3.8) is 0 Å². The lowest BCUT2D eigenvalue weighted by Crippen LogP contribution is -2.03. The third-order valence-corrected chi connectivity index (χ3v) is 5.46. The van der Waals surface area contributed by atoms with E-state index in [-0.39, 0.29) is 0 Å². The second-order valence-corrected chi connectivity index (χ2v) is 6.84. The van der Waals surface area contributed by atoms with Crippen LogP contribution in [0.5, 0.6) is 0 Å². The Labute approximate surface area is 142 Å². The van der Waals surface area contributed by atoms with Gasteiger partial charge in [-0.05, 0) is 75.5 Å². The zero-order valence-corrected chi connectivity index (χ0v) is 13.8. The van der Waals surface area contributed by atoms with Gasteiger partial charge in [0.1, 0.15) is 0 Å². The van der Waals surface area contributed by atoms with Gasteiger partial charge in [0.15, 0.2) is 0 Å². The second-order valence-electron chi connectivity index (χ2n) is 6.84. The molecule has 0 aliphatic heterocycles. The molecular formula is C24H20. The summed E-state index contributed by atoms with van der Waals surface area (Å²) in [5.41, 5.74) is 5.81. The molecule has 116 valence electrons. The van der Waals surface area contributed by atoms with Gasteiger partial charge in [-0.15, -0.1) is 0 Å². The highest BCUT2D eigenvalue weighted by Crippen LogP contribution is 2.38. The first kappa shape index (κ1) is 13.8. The molecular weight excluding hydrogens is 288 g/mol. The fourth-order valence-corrected chi connectivity index (χ4v) is 4.29. The number of rotatable bonds is 1. The first-order chi connectivity index (χ1) is 11.9. The third-order valence-electron chi connectivity index (χ3n) is 5.46. The highest BCUT2D eigenvalue weighted by molar-refractivity contribution is 6.14. The maximum absolute atomic E-state index is 2.44. The van der Waals surface area contributed by atoms with Crippen LogP contribution in [0.2, 0.25) is 0 Å². The van der Waals surface area contributed by atoms with Gasteiger partial charge in [-0.1, -0.05) is 66.7 Å².